The minimum atomic E-state index is -0.134. The van der Waals surface area contributed by atoms with E-state index in [2.05, 4.69) is 23.1 Å². The van der Waals surface area contributed by atoms with Crippen molar-refractivity contribution in [2.45, 2.75) is 44.6 Å². The Hall–Kier alpha value is -1.62. The van der Waals surface area contributed by atoms with Gasteiger partial charge in [-0.25, -0.2) is 4.98 Å². The van der Waals surface area contributed by atoms with Gasteiger partial charge in [-0.15, -0.1) is 0 Å². The van der Waals surface area contributed by atoms with Crippen LogP contribution < -0.4 is 4.90 Å². The lowest BCUT2D eigenvalue weighted by atomic mass is 9.49. The summed E-state index contributed by atoms with van der Waals surface area (Å²) in [5.74, 6) is 2.48. The third kappa shape index (κ3) is 2.32. The first-order valence-corrected chi connectivity index (χ1v) is 10.8. The average Bonchev–Trinajstić information content (AvgIpc) is 2.99. The number of benzene rings is 1. The lowest BCUT2D eigenvalue weighted by Crippen LogP contribution is -2.56. The Kier molecular flexibility index (Phi) is 3.23. The minimum absolute atomic E-state index is 0.0440. The van der Waals surface area contributed by atoms with Crippen LogP contribution in [-0.2, 0) is 9.53 Å². The maximum Gasteiger partial charge on any atom is 0.312 e. The molecule has 0 amide bonds. The summed E-state index contributed by atoms with van der Waals surface area (Å²) in [5.41, 5.74) is 0.923. The summed E-state index contributed by atoms with van der Waals surface area (Å²) in [6, 6.07) is 8.25. The Morgan fingerprint density at radius 1 is 1.08 bits per heavy atom. The van der Waals surface area contributed by atoms with Gasteiger partial charge in [0, 0.05) is 0 Å². The zero-order valence-electron chi connectivity index (χ0n) is 14.9. The molecule has 4 saturated carbocycles. The molecule has 136 valence electrons. The molecule has 4 nitrogen and oxygen atoms in total. The number of para-hydroxylation sites is 1. The van der Waals surface area contributed by atoms with Crippen molar-refractivity contribution in [1.29, 1.82) is 0 Å². The van der Waals surface area contributed by atoms with Crippen LogP contribution in [0.1, 0.15) is 38.5 Å². The fourth-order valence-electron chi connectivity index (χ4n) is 6.30. The van der Waals surface area contributed by atoms with Gasteiger partial charge in [-0.1, -0.05) is 23.5 Å². The molecule has 4 aliphatic carbocycles. The molecular formula is C21H24N2O2S. The highest BCUT2D eigenvalue weighted by atomic mass is 32.1. The molecule has 0 atom stereocenters. The summed E-state index contributed by atoms with van der Waals surface area (Å²) in [6.07, 6.45) is 7.40. The van der Waals surface area contributed by atoms with Crippen molar-refractivity contribution >= 4 is 32.7 Å². The molecule has 5 fully saturated rings. The summed E-state index contributed by atoms with van der Waals surface area (Å²) in [5, 5.41) is 1.05. The summed E-state index contributed by atoms with van der Waals surface area (Å²) in [6.45, 7) is 1.58. The molecule has 0 unspecified atom stereocenters. The van der Waals surface area contributed by atoms with Crippen LogP contribution in [0.4, 0.5) is 5.13 Å². The third-order valence-corrected chi connectivity index (χ3v) is 8.24. The number of ether oxygens (including phenoxy) is 1. The predicted molar refractivity (Wildman–Crippen MR) is 102 cm³/mol. The first kappa shape index (κ1) is 15.4. The van der Waals surface area contributed by atoms with E-state index >= 15 is 0 Å². The van der Waals surface area contributed by atoms with E-state index in [1.807, 2.05) is 6.07 Å². The van der Waals surface area contributed by atoms with Crippen molar-refractivity contribution in [1.82, 2.24) is 4.98 Å². The van der Waals surface area contributed by atoms with E-state index in [0.717, 1.165) is 60.8 Å². The number of esters is 1. The Labute approximate surface area is 157 Å². The molecule has 2 heterocycles. The SMILES string of the molecule is O=C(OC1CN(c2nc3ccccc3s2)C1)C12CC3CC(CC(C3)C1)C2. The second kappa shape index (κ2) is 5.44. The van der Waals surface area contributed by atoms with Crippen molar-refractivity contribution in [2.75, 3.05) is 18.0 Å². The minimum Gasteiger partial charge on any atom is -0.458 e. The van der Waals surface area contributed by atoms with Crippen LogP contribution in [0.3, 0.4) is 0 Å². The molecule has 26 heavy (non-hydrogen) atoms. The van der Waals surface area contributed by atoms with Gasteiger partial charge in [-0.05, 0) is 68.4 Å². The van der Waals surface area contributed by atoms with Crippen molar-refractivity contribution in [3.05, 3.63) is 24.3 Å². The van der Waals surface area contributed by atoms with E-state index in [0.29, 0.717) is 0 Å². The molecular weight excluding hydrogens is 344 g/mol. The number of carbonyl (C=O) groups excluding carboxylic acids is 1. The first-order valence-electron chi connectivity index (χ1n) is 9.98. The second-order valence-corrected chi connectivity index (χ2v) is 10.1. The van der Waals surface area contributed by atoms with Crippen molar-refractivity contribution < 1.29 is 9.53 Å². The lowest BCUT2D eigenvalue weighted by Gasteiger charge is -2.55. The van der Waals surface area contributed by atoms with Crippen LogP contribution in [0.15, 0.2) is 24.3 Å². The lowest BCUT2D eigenvalue weighted by molar-refractivity contribution is -0.178. The standard InChI is InChI=1S/C21H24N2O2S/c24-19(21-8-13-5-14(9-21)7-15(6-13)10-21)25-16-11-23(12-16)20-22-17-3-1-2-4-18(17)26-20/h1-4,13-16H,5-12H2. The van der Waals surface area contributed by atoms with Gasteiger partial charge in [0.15, 0.2) is 5.13 Å². The van der Waals surface area contributed by atoms with Crippen LogP contribution >= 0.6 is 11.3 Å². The fourth-order valence-corrected chi connectivity index (χ4v) is 7.28. The summed E-state index contributed by atoms with van der Waals surface area (Å²) in [4.78, 5) is 20.0. The summed E-state index contributed by atoms with van der Waals surface area (Å²) >= 11 is 1.72. The van der Waals surface area contributed by atoms with Gasteiger partial charge < -0.3 is 9.64 Å². The molecule has 7 rings (SSSR count). The van der Waals surface area contributed by atoms with Gasteiger partial charge in [0.25, 0.3) is 0 Å². The number of thiazole rings is 1. The molecule has 1 aromatic carbocycles. The van der Waals surface area contributed by atoms with Crippen molar-refractivity contribution in [2.24, 2.45) is 23.2 Å². The molecule has 1 aromatic heterocycles. The highest BCUT2D eigenvalue weighted by Gasteiger charge is 2.56. The molecule has 5 heteroatoms. The average molecular weight is 369 g/mol. The summed E-state index contributed by atoms with van der Waals surface area (Å²) in [7, 11) is 0. The molecule has 5 aliphatic rings. The normalized spacial score (nSPS) is 35.7. The Morgan fingerprint density at radius 3 is 2.38 bits per heavy atom. The van der Waals surface area contributed by atoms with Crippen LogP contribution in [0.5, 0.6) is 0 Å². The van der Waals surface area contributed by atoms with E-state index in [-0.39, 0.29) is 17.5 Å². The molecule has 1 saturated heterocycles. The first-order chi connectivity index (χ1) is 12.7. The predicted octanol–water partition coefficient (Wildman–Crippen LogP) is 4.24. The van der Waals surface area contributed by atoms with Crippen molar-refractivity contribution in [3.8, 4) is 0 Å². The number of nitrogens with zero attached hydrogens (tertiary/aromatic N) is 2. The van der Waals surface area contributed by atoms with Gasteiger partial charge in [0.2, 0.25) is 0 Å². The quantitative estimate of drug-likeness (QED) is 0.760. The highest BCUT2D eigenvalue weighted by Crippen LogP contribution is 2.60. The van der Waals surface area contributed by atoms with E-state index in [9.17, 15) is 4.79 Å². The number of anilines is 1. The smallest absolute Gasteiger partial charge is 0.312 e. The maximum atomic E-state index is 13.0. The van der Waals surface area contributed by atoms with Crippen molar-refractivity contribution in [3.63, 3.8) is 0 Å². The maximum absolute atomic E-state index is 13.0. The molecule has 0 spiro atoms. The molecule has 1 aliphatic heterocycles. The topological polar surface area (TPSA) is 42.4 Å². The number of hydrogen-bond acceptors (Lipinski definition) is 5. The molecule has 0 N–H and O–H groups in total. The Bertz CT molecular complexity index is 801. The summed E-state index contributed by atoms with van der Waals surface area (Å²) < 4.78 is 7.21. The Morgan fingerprint density at radius 2 is 1.73 bits per heavy atom. The fraction of sp³-hybridized carbons (Fsp3) is 0.619. The molecule has 0 radical (unpaired) electrons. The van der Waals surface area contributed by atoms with Crippen LogP contribution in [0.25, 0.3) is 10.2 Å². The second-order valence-electron chi connectivity index (χ2n) is 9.09. The van der Waals surface area contributed by atoms with Crippen LogP contribution in [-0.4, -0.2) is 30.1 Å². The number of hydrogen-bond donors (Lipinski definition) is 0. The third-order valence-electron chi connectivity index (χ3n) is 7.15. The molecule has 2 aromatic rings. The highest BCUT2D eigenvalue weighted by molar-refractivity contribution is 7.22. The number of rotatable bonds is 3. The van der Waals surface area contributed by atoms with Gasteiger partial charge in [-0.3, -0.25) is 4.79 Å². The monoisotopic (exact) mass is 368 g/mol. The molecule has 4 bridgehead atoms. The van der Waals surface area contributed by atoms with E-state index in [1.165, 1.54) is 24.0 Å². The largest absolute Gasteiger partial charge is 0.458 e. The van der Waals surface area contributed by atoms with E-state index in [4.69, 9.17) is 9.72 Å². The number of carbonyl (C=O) groups is 1. The van der Waals surface area contributed by atoms with Gasteiger partial charge in [0.05, 0.1) is 28.7 Å². The number of aromatic nitrogens is 1. The van der Waals surface area contributed by atoms with Gasteiger partial charge >= 0.3 is 5.97 Å². The number of fused-ring (bicyclic) bond motifs is 1. The van der Waals surface area contributed by atoms with Crippen LogP contribution in [0.2, 0.25) is 0 Å². The van der Waals surface area contributed by atoms with Crippen LogP contribution in [0, 0.1) is 23.2 Å². The Balaban J connectivity index is 1.12. The zero-order valence-corrected chi connectivity index (χ0v) is 15.7. The zero-order chi connectivity index (χ0) is 17.3. The van der Waals surface area contributed by atoms with Gasteiger partial charge in [0.1, 0.15) is 6.10 Å². The van der Waals surface area contributed by atoms with E-state index in [1.54, 1.807) is 11.3 Å². The van der Waals surface area contributed by atoms with Gasteiger partial charge in [-0.2, -0.15) is 0 Å². The van der Waals surface area contributed by atoms with E-state index < -0.39 is 0 Å².